The Morgan fingerprint density at radius 3 is 2.58 bits per heavy atom. The van der Waals surface area contributed by atoms with Crippen molar-refractivity contribution in [3.8, 4) is 5.88 Å². The zero-order valence-corrected chi connectivity index (χ0v) is 14.8. The molecule has 1 aliphatic heterocycles. The molecule has 0 amide bonds. The summed E-state index contributed by atoms with van der Waals surface area (Å²) in [5.74, 6) is 0.539. The van der Waals surface area contributed by atoms with Crippen molar-refractivity contribution in [1.29, 1.82) is 0 Å². The van der Waals surface area contributed by atoms with E-state index in [0.29, 0.717) is 30.3 Å². The summed E-state index contributed by atoms with van der Waals surface area (Å²) in [5.41, 5.74) is 2.19. The monoisotopic (exact) mass is 346 g/mol. The van der Waals surface area contributed by atoms with Crippen LogP contribution in [-0.2, 0) is 16.4 Å². The Labute approximate surface area is 143 Å². The van der Waals surface area contributed by atoms with Crippen molar-refractivity contribution in [2.75, 3.05) is 13.1 Å². The van der Waals surface area contributed by atoms with Gasteiger partial charge in [0.1, 0.15) is 6.10 Å². The Balaban J connectivity index is 1.68. The number of aromatic nitrogens is 1. The molecule has 0 saturated carbocycles. The number of hydrogen-bond donors (Lipinski definition) is 0. The molecule has 2 heterocycles. The second-order valence-corrected chi connectivity index (χ2v) is 8.00. The number of ether oxygens (including phenoxy) is 1. The Hall–Kier alpha value is -1.92. The largest absolute Gasteiger partial charge is 0.473 e. The lowest BCUT2D eigenvalue weighted by atomic mass is 10.2. The van der Waals surface area contributed by atoms with Crippen molar-refractivity contribution >= 4 is 10.0 Å². The third-order valence-corrected chi connectivity index (χ3v) is 6.13. The van der Waals surface area contributed by atoms with Gasteiger partial charge in [0, 0.05) is 18.8 Å². The fourth-order valence-electron chi connectivity index (χ4n) is 2.75. The van der Waals surface area contributed by atoms with E-state index in [9.17, 15) is 8.42 Å². The molecule has 1 aliphatic rings. The molecule has 0 aliphatic carbocycles. The first kappa shape index (κ1) is 16.9. The fraction of sp³-hybridized carbons (Fsp3) is 0.389. The quantitative estimate of drug-likeness (QED) is 0.835. The molecule has 6 heteroatoms. The van der Waals surface area contributed by atoms with E-state index in [0.717, 1.165) is 17.5 Å². The van der Waals surface area contributed by atoms with E-state index in [4.69, 9.17) is 4.74 Å². The molecule has 1 fully saturated rings. The maximum absolute atomic E-state index is 12.7. The van der Waals surface area contributed by atoms with E-state index < -0.39 is 10.0 Å². The van der Waals surface area contributed by atoms with Gasteiger partial charge in [0.2, 0.25) is 15.9 Å². The van der Waals surface area contributed by atoms with E-state index in [1.54, 1.807) is 18.3 Å². The zero-order chi connectivity index (χ0) is 17.2. The highest BCUT2D eigenvalue weighted by molar-refractivity contribution is 7.89. The van der Waals surface area contributed by atoms with Gasteiger partial charge in [0.15, 0.2) is 0 Å². The lowest BCUT2D eigenvalue weighted by Gasteiger charge is -2.17. The molecule has 128 valence electrons. The minimum atomic E-state index is -3.46. The lowest BCUT2D eigenvalue weighted by Crippen LogP contribution is -2.31. The van der Waals surface area contributed by atoms with Crippen LogP contribution in [0.25, 0.3) is 0 Å². The van der Waals surface area contributed by atoms with Gasteiger partial charge in [-0.1, -0.05) is 25.1 Å². The fourth-order valence-corrected chi connectivity index (χ4v) is 4.24. The molecular weight excluding hydrogens is 324 g/mol. The number of sulfonamides is 1. The third-order valence-electron chi connectivity index (χ3n) is 4.25. The number of benzene rings is 1. The van der Waals surface area contributed by atoms with Crippen LogP contribution in [0.2, 0.25) is 0 Å². The molecular formula is C18H22N2O3S. The minimum absolute atomic E-state index is 0.162. The van der Waals surface area contributed by atoms with Gasteiger partial charge in [-0.2, -0.15) is 4.31 Å². The van der Waals surface area contributed by atoms with Crippen molar-refractivity contribution in [2.24, 2.45) is 0 Å². The van der Waals surface area contributed by atoms with Crippen LogP contribution in [0.1, 0.15) is 24.5 Å². The molecule has 1 aromatic heterocycles. The van der Waals surface area contributed by atoms with Crippen LogP contribution in [0, 0.1) is 6.92 Å². The summed E-state index contributed by atoms with van der Waals surface area (Å²) >= 11 is 0. The Morgan fingerprint density at radius 1 is 1.21 bits per heavy atom. The van der Waals surface area contributed by atoms with E-state index in [-0.39, 0.29) is 6.10 Å². The molecule has 3 rings (SSSR count). The predicted molar refractivity (Wildman–Crippen MR) is 92.6 cm³/mol. The first-order chi connectivity index (χ1) is 11.5. The van der Waals surface area contributed by atoms with Gasteiger partial charge in [-0.25, -0.2) is 13.4 Å². The van der Waals surface area contributed by atoms with Crippen molar-refractivity contribution in [3.63, 3.8) is 0 Å². The highest BCUT2D eigenvalue weighted by atomic mass is 32.2. The first-order valence-electron chi connectivity index (χ1n) is 8.17. The molecule has 0 spiro atoms. The number of nitrogens with zero attached hydrogens (tertiary/aromatic N) is 2. The lowest BCUT2D eigenvalue weighted by molar-refractivity contribution is 0.207. The van der Waals surface area contributed by atoms with Crippen molar-refractivity contribution in [3.05, 3.63) is 53.7 Å². The van der Waals surface area contributed by atoms with Gasteiger partial charge < -0.3 is 4.74 Å². The summed E-state index contributed by atoms with van der Waals surface area (Å²) in [6.07, 6.45) is 3.14. The summed E-state index contributed by atoms with van der Waals surface area (Å²) in [7, 11) is -3.46. The van der Waals surface area contributed by atoms with Crippen LogP contribution in [-0.4, -0.2) is 36.9 Å². The maximum Gasteiger partial charge on any atom is 0.243 e. The van der Waals surface area contributed by atoms with Crippen molar-refractivity contribution < 1.29 is 13.2 Å². The predicted octanol–water partition coefficient (Wildman–Crippen LogP) is 2.79. The average Bonchev–Trinajstić information content (AvgIpc) is 3.06. The van der Waals surface area contributed by atoms with Crippen LogP contribution >= 0.6 is 0 Å². The summed E-state index contributed by atoms with van der Waals surface area (Å²) < 4.78 is 32.8. The molecule has 5 nitrogen and oxygen atoms in total. The highest BCUT2D eigenvalue weighted by Crippen LogP contribution is 2.24. The van der Waals surface area contributed by atoms with Gasteiger partial charge in [0.05, 0.1) is 11.4 Å². The SMILES string of the molecule is CCc1ccc(S(=O)(=O)N2CCC(Oc3ccc(C)cn3)C2)cc1. The van der Waals surface area contributed by atoms with Crippen LogP contribution < -0.4 is 4.74 Å². The number of aryl methyl sites for hydroxylation is 2. The van der Waals surface area contributed by atoms with Crippen molar-refractivity contribution in [2.45, 2.75) is 37.7 Å². The minimum Gasteiger partial charge on any atom is -0.473 e. The molecule has 1 atom stereocenters. The van der Waals surface area contributed by atoms with E-state index in [1.807, 2.05) is 38.1 Å². The van der Waals surface area contributed by atoms with Gasteiger partial charge in [-0.05, 0) is 43.0 Å². The van der Waals surface area contributed by atoms with Gasteiger partial charge in [-0.15, -0.1) is 0 Å². The van der Waals surface area contributed by atoms with Gasteiger partial charge in [0.25, 0.3) is 0 Å². The molecule has 24 heavy (non-hydrogen) atoms. The third kappa shape index (κ3) is 3.60. The van der Waals surface area contributed by atoms with Gasteiger partial charge >= 0.3 is 0 Å². The average molecular weight is 346 g/mol. The molecule has 1 saturated heterocycles. The highest BCUT2D eigenvalue weighted by Gasteiger charge is 2.33. The number of pyridine rings is 1. The maximum atomic E-state index is 12.7. The van der Waals surface area contributed by atoms with Gasteiger partial charge in [-0.3, -0.25) is 0 Å². The molecule has 0 radical (unpaired) electrons. The normalized spacial score (nSPS) is 18.7. The van der Waals surface area contributed by atoms with E-state index in [1.165, 1.54) is 4.31 Å². The molecule has 1 unspecified atom stereocenters. The number of rotatable bonds is 5. The summed E-state index contributed by atoms with van der Waals surface area (Å²) in [6, 6.07) is 10.9. The smallest absolute Gasteiger partial charge is 0.243 e. The summed E-state index contributed by atoms with van der Waals surface area (Å²) in [4.78, 5) is 4.56. The molecule has 2 aromatic rings. The van der Waals surface area contributed by atoms with E-state index >= 15 is 0 Å². The van der Waals surface area contributed by atoms with Crippen LogP contribution in [0.5, 0.6) is 5.88 Å². The second-order valence-electron chi connectivity index (χ2n) is 6.06. The van der Waals surface area contributed by atoms with E-state index in [2.05, 4.69) is 4.98 Å². The Kier molecular flexibility index (Phi) is 4.87. The van der Waals surface area contributed by atoms with Crippen LogP contribution in [0.15, 0.2) is 47.5 Å². The van der Waals surface area contributed by atoms with Crippen LogP contribution in [0.4, 0.5) is 0 Å². The second kappa shape index (κ2) is 6.91. The standard InChI is InChI=1S/C18H22N2O3S/c1-3-15-5-7-17(8-6-15)24(21,22)20-11-10-16(13-20)23-18-9-4-14(2)12-19-18/h4-9,12,16H,3,10-11,13H2,1-2H3. The summed E-state index contributed by atoms with van der Waals surface area (Å²) in [5, 5.41) is 0. The zero-order valence-electron chi connectivity index (χ0n) is 14.0. The molecule has 0 bridgehead atoms. The first-order valence-corrected chi connectivity index (χ1v) is 9.61. The Morgan fingerprint density at radius 2 is 1.96 bits per heavy atom. The molecule has 0 N–H and O–H groups in total. The van der Waals surface area contributed by atoms with Crippen LogP contribution in [0.3, 0.4) is 0 Å². The topological polar surface area (TPSA) is 59.5 Å². The summed E-state index contributed by atoms with van der Waals surface area (Å²) in [6.45, 7) is 4.83. The van der Waals surface area contributed by atoms with Crippen molar-refractivity contribution in [1.82, 2.24) is 9.29 Å². The number of hydrogen-bond acceptors (Lipinski definition) is 4. The Bertz CT molecular complexity index is 786. The molecule has 1 aromatic carbocycles.